The zero-order valence-corrected chi connectivity index (χ0v) is 23.6. The molecule has 1 amide bonds. The minimum absolute atomic E-state index is 0.315. The Labute approximate surface area is 239 Å². The van der Waals surface area contributed by atoms with E-state index in [-0.39, 0.29) is 5.76 Å². The quantitative estimate of drug-likeness (QED) is 0.311. The number of methoxy groups -OCH3 is 1. The maximum Gasteiger partial charge on any atom is 0.373 e. The van der Waals surface area contributed by atoms with Crippen LogP contribution in [0.5, 0.6) is 0 Å². The lowest BCUT2D eigenvalue weighted by Crippen LogP contribution is -2.60. The van der Waals surface area contributed by atoms with Crippen molar-refractivity contribution in [2.24, 2.45) is 0 Å². The van der Waals surface area contributed by atoms with Crippen LogP contribution in [0.2, 0.25) is 5.02 Å². The van der Waals surface area contributed by atoms with Crippen molar-refractivity contribution < 1.29 is 47.7 Å². The monoisotopic (exact) mass is 592 g/mol. The van der Waals surface area contributed by atoms with Gasteiger partial charge in [-0.25, -0.2) is 9.48 Å². The Morgan fingerprint density at radius 2 is 1.73 bits per heavy atom. The number of benzene rings is 1. The molecule has 0 aliphatic carbocycles. The Hall–Kier alpha value is -4.46. The third kappa shape index (κ3) is 8.03. The number of hydrogen-bond donors (Lipinski definition) is 1. The van der Waals surface area contributed by atoms with E-state index in [2.05, 4.69) is 15.6 Å². The summed E-state index contributed by atoms with van der Waals surface area (Å²) in [4.78, 5) is 60.8. The SMILES string of the molecule is COC(=O)C1=C[C@H](n2cc(-c3ccccc3Cl)nn2)[C@@H](NC(C)=O)[C@H]([C@H](OC(C)=O)C(COC(C)=O)OC(C)=O)O1. The first-order valence-electron chi connectivity index (χ1n) is 12.3. The van der Waals surface area contributed by atoms with E-state index >= 15 is 0 Å². The molecule has 220 valence electrons. The normalized spacial score (nSPS) is 19.5. The number of ether oxygens (including phenoxy) is 5. The van der Waals surface area contributed by atoms with E-state index in [4.69, 9.17) is 35.3 Å². The molecular weight excluding hydrogens is 564 g/mol. The van der Waals surface area contributed by atoms with E-state index in [1.54, 1.807) is 24.3 Å². The predicted molar refractivity (Wildman–Crippen MR) is 140 cm³/mol. The first-order chi connectivity index (χ1) is 19.4. The number of carbonyl (C=O) groups excluding carboxylic acids is 5. The summed E-state index contributed by atoms with van der Waals surface area (Å²) in [5.41, 5.74) is 0.962. The lowest BCUT2D eigenvalue weighted by atomic mass is 9.91. The zero-order valence-electron chi connectivity index (χ0n) is 22.9. The average molecular weight is 593 g/mol. The third-order valence-corrected chi connectivity index (χ3v) is 6.12. The van der Waals surface area contributed by atoms with E-state index in [0.29, 0.717) is 16.3 Å². The second-order valence-electron chi connectivity index (χ2n) is 8.91. The summed E-state index contributed by atoms with van der Waals surface area (Å²) in [6.45, 7) is 4.06. The molecule has 0 fully saturated rings. The molecule has 14 nitrogen and oxygen atoms in total. The van der Waals surface area contributed by atoms with Gasteiger partial charge in [-0.05, 0) is 12.1 Å². The number of halogens is 1. The highest BCUT2D eigenvalue weighted by Crippen LogP contribution is 2.33. The van der Waals surface area contributed by atoms with E-state index in [9.17, 15) is 24.0 Å². The second-order valence-corrected chi connectivity index (χ2v) is 9.32. The number of amides is 1. The molecule has 2 aromatic rings. The second kappa shape index (κ2) is 13.7. The molecule has 5 atom stereocenters. The summed E-state index contributed by atoms with van der Waals surface area (Å²) in [5.74, 6) is -4.02. The number of rotatable bonds is 10. The lowest BCUT2D eigenvalue weighted by Gasteiger charge is -2.41. The summed E-state index contributed by atoms with van der Waals surface area (Å²) in [6, 6.07) is 4.86. The molecule has 1 N–H and O–H groups in total. The first-order valence-corrected chi connectivity index (χ1v) is 12.7. The van der Waals surface area contributed by atoms with E-state index < -0.39 is 66.8 Å². The first kappa shape index (κ1) is 31.1. The molecule has 0 saturated carbocycles. The minimum atomic E-state index is -1.49. The highest BCUT2D eigenvalue weighted by molar-refractivity contribution is 6.33. The van der Waals surface area contributed by atoms with Crippen LogP contribution in [0.3, 0.4) is 0 Å². The summed E-state index contributed by atoms with van der Waals surface area (Å²) >= 11 is 6.32. The molecule has 1 aliphatic rings. The van der Waals surface area contributed by atoms with Gasteiger partial charge in [0.15, 0.2) is 18.3 Å². The van der Waals surface area contributed by atoms with Gasteiger partial charge in [-0.15, -0.1) is 5.10 Å². The van der Waals surface area contributed by atoms with E-state index in [1.165, 1.54) is 23.9 Å². The topological polar surface area (TPSA) is 174 Å². The van der Waals surface area contributed by atoms with Crippen molar-refractivity contribution in [3.05, 3.63) is 47.3 Å². The van der Waals surface area contributed by atoms with Crippen LogP contribution in [0.25, 0.3) is 11.3 Å². The molecule has 0 spiro atoms. The van der Waals surface area contributed by atoms with Crippen molar-refractivity contribution in [2.45, 2.75) is 58.1 Å². The fourth-order valence-corrected chi connectivity index (χ4v) is 4.45. The highest BCUT2D eigenvalue weighted by atomic mass is 35.5. The van der Waals surface area contributed by atoms with Crippen LogP contribution >= 0.6 is 11.6 Å². The van der Waals surface area contributed by atoms with E-state index in [1.807, 2.05) is 0 Å². The molecule has 3 rings (SSSR count). The molecular formula is C26H29ClN4O10. The number of hydrogen-bond acceptors (Lipinski definition) is 12. The standard InChI is InChI=1S/C26H29ClN4O10/c1-13(32)28-23-20(31-11-19(29-30-31)17-8-6-7-9-18(17)27)10-21(26(36)37-5)41-25(23)24(40-16(4)35)22(39-15(3)34)12-38-14(2)33/h6-11,20,22-25H,12H2,1-5H3,(H,28,32)/t20-,22?,23+,24+,25+/m0/s1. The molecule has 41 heavy (non-hydrogen) atoms. The van der Waals surface area contributed by atoms with Gasteiger partial charge in [-0.1, -0.05) is 35.0 Å². The molecule has 1 aliphatic heterocycles. The molecule has 0 saturated heterocycles. The number of carbonyl (C=O) groups is 5. The van der Waals surface area contributed by atoms with Crippen molar-refractivity contribution in [1.29, 1.82) is 0 Å². The third-order valence-electron chi connectivity index (χ3n) is 5.79. The van der Waals surface area contributed by atoms with Gasteiger partial charge in [0.05, 0.1) is 30.4 Å². The molecule has 1 aromatic heterocycles. The van der Waals surface area contributed by atoms with Gasteiger partial charge in [0.2, 0.25) is 11.7 Å². The number of aromatic nitrogens is 3. The van der Waals surface area contributed by atoms with Crippen LogP contribution in [-0.4, -0.2) is 82.8 Å². The van der Waals surface area contributed by atoms with Crippen molar-refractivity contribution >= 4 is 41.4 Å². The van der Waals surface area contributed by atoms with Gasteiger partial charge in [-0.2, -0.15) is 0 Å². The van der Waals surface area contributed by atoms with Crippen LogP contribution in [0.4, 0.5) is 0 Å². The molecule has 0 radical (unpaired) electrons. The average Bonchev–Trinajstić information content (AvgIpc) is 3.39. The fourth-order valence-electron chi connectivity index (χ4n) is 4.21. The van der Waals surface area contributed by atoms with Crippen LogP contribution < -0.4 is 5.32 Å². The Balaban J connectivity index is 2.16. The Kier molecular flexibility index (Phi) is 10.4. The predicted octanol–water partition coefficient (Wildman–Crippen LogP) is 1.53. The molecule has 2 heterocycles. The van der Waals surface area contributed by atoms with E-state index in [0.717, 1.165) is 27.9 Å². The minimum Gasteiger partial charge on any atom is -0.477 e. The zero-order chi connectivity index (χ0) is 30.3. The summed E-state index contributed by atoms with van der Waals surface area (Å²) in [6.07, 6.45) is -1.38. The Morgan fingerprint density at radius 3 is 2.32 bits per heavy atom. The highest BCUT2D eigenvalue weighted by Gasteiger charge is 2.48. The summed E-state index contributed by atoms with van der Waals surface area (Å²) < 4.78 is 28.0. The largest absolute Gasteiger partial charge is 0.477 e. The summed E-state index contributed by atoms with van der Waals surface area (Å²) in [5, 5.41) is 11.5. The Morgan fingerprint density at radius 1 is 1.05 bits per heavy atom. The van der Waals surface area contributed by atoms with Crippen LogP contribution in [-0.2, 0) is 47.7 Å². The van der Waals surface area contributed by atoms with Gasteiger partial charge in [0.25, 0.3) is 0 Å². The molecule has 15 heteroatoms. The van der Waals surface area contributed by atoms with Gasteiger partial charge in [-0.3, -0.25) is 19.2 Å². The van der Waals surface area contributed by atoms with Crippen molar-refractivity contribution in [3.8, 4) is 11.3 Å². The van der Waals surface area contributed by atoms with Crippen LogP contribution in [0.15, 0.2) is 42.3 Å². The molecule has 1 aromatic carbocycles. The Bertz CT molecular complexity index is 1340. The van der Waals surface area contributed by atoms with Crippen molar-refractivity contribution in [3.63, 3.8) is 0 Å². The van der Waals surface area contributed by atoms with Gasteiger partial charge in [0.1, 0.15) is 12.3 Å². The lowest BCUT2D eigenvalue weighted by molar-refractivity contribution is -0.188. The van der Waals surface area contributed by atoms with Gasteiger partial charge < -0.3 is 29.0 Å². The van der Waals surface area contributed by atoms with Gasteiger partial charge in [0, 0.05) is 33.3 Å². The number of nitrogens with one attached hydrogen (secondary N) is 1. The van der Waals surface area contributed by atoms with Crippen LogP contribution in [0, 0.1) is 0 Å². The number of esters is 4. The van der Waals surface area contributed by atoms with Gasteiger partial charge >= 0.3 is 23.9 Å². The van der Waals surface area contributed by atoms with Crippen molar-refractivity contribution in [2.75, 3.05) is 13.7 Å². The molecule has 1 unspecified atom stereocenters. The fraction of sp³-hybridized carbons (Fsp3) is 0.423. The van der Waals surface area contributed by atoms with Crippen molar-refractivity contribution in [1.82, 2.24) is 20.3 Å². The molecule has 0 bridgehead atoms. The maximum absolute atomic E-state index is 12.7. The smallest absolute Gasteiger partial charge is 0.373 e. The summed E-state index contributed by atoms with van der Waals surface area (Å²) in [7, 11) is 1.13. The number of nitrogens with zero attached hydrogens (tertiary/aromatic N) is 3. The van der Waals surface area contributed by atoms with Crippen LogP contribution in [0.1, 0.15) is 33.7 Å². The maximum atomic E-state index is 12.7.